The number of carbonyl (C=O) groups is 2. The predicted molar refractivity (Wildman–Crippen MR) is 39.1 cm³/mol. The standard InChI is InChI=1S/C7H12O5/c1-7(2,4-9)6(11)12-5(10)3-8/h8-9H,3-4H2,1-2H3. The molecule has 0 bridgehead atoms. The summed E-state index contributed by atoms with van der Waals surface area (Å²) < 4.78 is 4.17. The lowest BCUT2D eigenvalue weighted by Gasteiger charge is -2.17. The molecule has 0 amide bonds. The SMILES string of the molecule is CC(C)(CO)C(=O)OC(=O)CO. The molecule has 12 heavy (non-hydrogen) atoms. The number of rotatable bonds is 3. The van der Waals surface area contributed by atoms with Crippen LogP contribution in [-0.4, -0.2) is 35.4 Å². The third kappa shape index (κ3) is 2.98. The molecule has 0 aliphatic rings. The number of aliphatic hydroxyl groups is 2. The van der Waals surface area contributed by atoms with Crippen LogP contribution in [0.15, 0.2) is 0 Å². The fourth-order valence-corrected chi connectivity index (χ4v) is 0.338. The Morgan fingerprint density at radius 3 is 2.17 bits per heavy atom. The van der Waals surface area contributed by atoms with E-state index in [1.54, 1.807) is 0 Å². The summed E-state index contributed by atoms with van der Waals surface area (Å²) in [5.74, 6) is -1.86. The van der Waals surface area contributed by atoms with Gasteiger partial charge in [-0.3, -0.25) is 4.79 Å². The van der Waals surface area contributed by atoms with E-state index >= 15 is 0 Å². The highest BCUT2D eigenvalue weighted by molar-refractivity contribution is 5.88. The molecule has 0 fully saturated rings. The van der Waals surface area contributed by atoms with Gasteiger partial charge in [-0.1, -0.05) is 0 Å². The average Bonchev–Trinajstić information content (AvgIpc) is 2.04. The van der Waals surface area contributed by atoms with Gasteiger partial charge in [0.15, 0.2) is 0 Å². The lowest BCUT2D eigenvalue weighted by Crippen LogP contribution is -2.32. The van der Waals surface area contributed by atoms with Crippen molar-refractivity contribution in [2.24, 2.45) is 5.41 Å². The molecule has 0 aromatic heterocycles. The van der Waals surface area contributed by atoms with E-state index in [1.807, 2.05) is 0 Å². The number of carbonyl (C=O) groups excluding carboxylic acids is 2. The van der Waals surface area contributed by atoms with E-state index < -0.39 is 30.6 Å². The first kappa shape index (κ1) is 11.1. The molecule has 0 saturated heterocycles. The zero-order valence-corrected chi connectivity index (χ0v) is 7.03. The third-order valence-corrected chi connectivity index (χ3v) is 1.28. The van der Waals surface area contributed by atoms with Gasteiger partial charge in [0.25, 0.3) is 0 Å². The van der Waals surface area contributed by atoms with Crippen LogP contribution in [0, 0.1) is 5.41 Å². The maximum atomic E-state index is 11.0. The van der Waals surface area contributed by atoms with Crippen molar-refractivity contribution in [3.05, 3.63) is 0 Å². The fraction of sp³-hybridized carbons (Fsp3) is 0.714. The van der Waals surface area contributed by atoms with Crippen LogP contribution in [-0.2, 0) is 14.3 Å². The zero-order valence-electron chi connectivity index (χ0n) is 7.03. The summed E-state index contributed by atoms with van der Waals surface area (Å²) in [5.41, 5.74) is -1.11. The van der Waals surface area contributed by atoms with Gasteiger partial charge in [-0.25, -0.2) is 4.79 Å². The van der Waals surface area contributed by atoms with E-state index in [9.17, 15) is 9.59 Å². The summed E-state index contributed by atoms with van der Waals surface area (Å²) in [6.07, 6.45) is 0. The Kier molecular flexibility index (Phi) is 3.85. The van der Waals surface area contributed by atoms with Gasteiger partial charge in [-0.15, -0.1) is 0 Å². The van der Waals surface area contributed by atoms with Crippen LogP contribution < -0.4 is 0 Å². The average molecular weight is 176 g/mol. The van der Waals surface area contributed by atoms with Crippen LogP contribution in [0.5, 0.6) is 0 Å². The Morgan fingerprint density at radius 1 is 1.33 bits per heavy atom. The van der Waals surface area contributed by atoms with Crippen LogP contribution in [0.2, 0.25) is 0 Å². The Balaban J connectivity index is 4.13. The first-order valence-electron chi connectivity index (χ1n) is 3.41. The Labute approximate surface area is 70.0 Å². The molecule has 0 aliphatic heterocycles. The van der Waals surface area contributed by atoms with Crippen molar-refractivity contribution in [3.8, 4) is 0 Å². The molecule has 5 nitrogen and oxygen atoms in total. The summed E-state index contributed by atoms with van der Waals surface area (Å²) in [6, 6.07) is 0. The van der Waals surface area contributed by atoms with E-state index in [0.717, 1.165) is 0 Å². The number of aliphatic hydroxyl groups excluding tert-OH is 2. The van der Waals surface area contributed by atoms with E-state index in [0.29, 0.717) is 0 Å². The second-order valence-corrected chi connectivity index (χ2v) is 2.96. The van der Waals surface area contributed by atoms with Crippen molar-refractivity contribution in [2.75, 3.05) is 13.2 Å². The number of esters is 2. The van der Waals surface area contributed by atoms with E-state index in [4.69, 9.17) is 10.2 Å². The van der Waals surface area contributed by atoms with E-state index in [2.05, 4.69) is 4.74 Å². The van der Waals surface area contributed by atoms with Crippen LogP contribution in [0.25, 0.3) is 0 Å². The Bertz CT molecular complexity index is 184. The Morgan fingerprint density at radius 2 is 1.83 bits per heavy atom. The molecule has 2 N–H and O–H groups in total. The molecule has 0 aromatic rings. The number of hydrogen-bond donors (Lipinski definition) is 2. The van der Waals surface area contributed by atoms with Crippen LogP contribution in [0.1, 0.15) is 13.8 Å². The molecule has 70 valence electrons. The number of ether oxygens (including phenoxy) is 1. The second-order valence-electron chi connectivity index (χ2n) is 2.96. The molecule has 0 unspecified atom stereocenters. The summed E-state index contributed by atoms with van der Waals surface area (Å²) >= 11 is 0. The first-order valence-corrected chi connectivity index (χ1v) is 3.41. The maximum Gasteiger partial charge on any atom is 0.339 e. The van der Waals surface area contributed by atoms with Gasteiger partial charge in [0.2, 0.25) is 0 Å². The highest BCUT2D eigenvalue weighted by Crippen LogP contribution is 2.15. The Hall–Kier alpha value is -0.940. The van der Waals surface area contributed by atoms with Gasteiger partial charge in [0, 0.05) is 0 Å². The quantitative estimate of drug-likeness (QED) is 0.428. The molecular formula is C7H12O5. The molecule has 0 aromatic carbocycles. The largest absolute Gasteiger partial charge is 0.395 e. The first-order chi connectivity index (χ1) is 5.44. The van der Waals surface area contributed by atoms with Crippen molar-refractivity contribution < 1.29 is 24.5 Å². The minimum Gasteiger partial charge on any atom is -0.395 e. The highest BCUT2D eigenvalue weighted by atomic mass is 16.6. The van der Waals surface area contributed by atoms with Gasteiger partial charge < -0.3 is 14.9 Å². The van der Waals surface area contributed by atoms with E-state index in [1.165, 1.54) is 13.8 Å². The van der Waals surface area contributed by atoms with Crippen molar-refractivity contribution in [3.63, 3.8) is 0 Å². The molecule has 0 heterocycles. The number of hydrogen-bond acceptors (Lipinski definition) is 5. The maximum absolute atomic E-state index is 11.0. The highest BCUT2D eigenvalue weighted by Gasteiger charge is 2.30. The zero-order chi connectivity index (χ0) is 9.78. The van der Waals surface area contributed by atoms with Crippen LogP contribution >= 0.6 is 0 Å². The lowest BCUT2D eigenvalue weighted by molar-refractivity contribution is -0.169. The molecule has 5 heteroatoms. The summed E-state index contributed by atoms with van der Waals surface area (Å²) in [5, 5.41) is 16.9. The molecule has 0 aliphatic carbocycles. The second kappa shape index (κ2) is 4.18. The van der Waals surface area contributed by atoms with Crippen molar-refractivity contribution >= 4 is 11.9 Å². The summed E-state index contributed by atoms with van der Waals surface area (Å²) in [6.45, 7) is 1.61. The molecule has 0 atom stereocenters. The van der Waals surface area contributed by atoms with E-state index in [-0.39, 0.29) is 0 Å². The van der Waals surface area contributed by atoms with Gasteiger partial charge >= 0.3 is 11.9 Å². The summed E-state index contributed by atoms with van der Waals surface area (Å²) in [7, 11) is 0. The molecule has 0 rings (SSSR count). The predicted octanol–water partition coefficient (Wildman–Crippen LogP) is -0.933. The fourth-order valence-electron chi connectivity index (χ4n) is 0.338. The van der Waals surface area contributed by atoms with Crippen LogP contribution in [0.4, 0.5) is 0 Å². The van der Waals surface area contributed by atoms with Gasteiger partial charge in [0.05, 0.1) is 12.0 Å². The topological polar surface area (TPSA) is 83.8 Å². The monoisotopic (exact) mass is 176 g/mol. The third-order valence-electron chi connectivity index (χ3n) is 1.28. The van der Waals surface area contributed by atoms with Gasteiger partial charge in [-0.05, 0) is 13.8 Å². The lowest BCUT2D eigenvalue weighted by atomic mass is 9.95. The molecule has 0 saturated carbocycles. The van der Waals surface area contributed by atoms with Gasteiger partial charge in [-0.2, -0.15) is 0 Å². The van der Waals surface area contributed by atoms with Crippen molar-refractivity contribution in [1.29, 1.82) is 0 Å². The van der Waals surface area contributed by atoms with Crippen molar-refractivity contribution in [1.82, 2.24) is 0 Å². The normalized spacial score (nSPS) is 11.0. The van der Waals surface area contributed by atoms with Crippen molar-refractivity contribution in [2.45, 2.75) is 13.8 Å². The van der Waals surface area contributed by atoms with Gasteiger partial charge in [0.1, 0.15) is 6.61 Å². The molecule has 0 spiro atoms. The van der Waals surface area contributed by atoms with Crippen LogP contribution in [0.3, 0.4) is 0 Å². The molecule has 0 radical (unpaired) electrons. The minimum absolute atomic E-state index is 0.412. The smallest absolute Gasteiger partial charge is 0.339 e. The molecular weight excluding hydrogens is 164 g/mol. The summed E-state index contributed by atoms with van der Waals surface area (Å²) in [4.78, 5) is 21.4. The minimum atomic E-state index is -1.11.